The highest BCUT2D eigenvalue weighted by Gasteiger charge is 2.16. The molecular weight excluding hydrogens is 262 g/mol. The highest BCUT2D eigenvalue weighted by molar-refractivity contribution is 5.99. The Kier molecular flexibility index (Phi) is 3.52. The molecular formula is C17H19N3O. The number of benzene rings is 2. The third kappa shape index (κ3) is 2.70. The average molecular weight is 281 g/mol. The molecule has 108 valence electrons. The van der Waals surface area contributed by atoms with E-state index in [1.807, 2.05) is 6.07 Å². The average Bonchev–Trinajstić information content (AvgIpc) is 2.70. The minimum Gasteiger partial charge on any atom is -0.398 e. The summed E-state index contributed by atoms with van der Waals surface area (Å²) in [7, 11) is 0. The van der Waals surface area contributed by atoms with Gasteiger partial charge in [-0.25, -0.2) is 0 Å². The maximum atomic E-state index is 11.4. The Balaban J connectivity index is 1.86. The number of nitrogen functional groups attached to an aromatic ring is 1. The molecule has 1 aliphatic rings. The fourth-order valence-corrected chi connectivity index (χ4v) is 2.88. The predicted molar refractivity (Wildman–Crippen MR) is 85.4 cm³/mol. The van der Waals surface area contributed by atoms with Crippen LogP contribution in [0, 0.1) is 0 Å². The van der Waals surface area contributed by atoms with Crippen LogP contribution in [0.1, 0.15) is 21.5 Å². The summed E-state index contributed by atoms with van der Waals surface area (Å²) >= 11 is 0. The van der Waals surface area contributed by atoms with Gasteiger partial charge in [-0.3, -0.25) is 4.79 Å². The number of anilines is 2. The van der Waals surface area contributed by atoms with E-state index in [1.165, 1.54) is 11.1 Å². The lowest BCUT2D eigenvalue weighted by atomic mass is 10.0. The molecule has 0 radical (unpaired) electrons. The number of amides is 1. The second kappa shape index (κ2) is 5.48. The number of primary amides is 1. The van der Waals surface area contributed by atoms with Gasteiger partial charge in [0, 0.05) is 24.5 Å². The van der Waals surface area contributed by atoms with Crippen LogP contribution < -0.4 is 16.4 Å². The molecule has 4 heteroatoms. The van der Waals surface area contributed by atoms with E-state index in [1.54, 1.807) is 12.1 Å². The van der Waals surface area contributed by atoms with E-state index in [9.17, 15) is 4.79 Å². The van der Waals surface area contributed by atoms with Crippen LogP contribution in [0.3, 0.4) is 0 Å². The third-order valence-electron chi connectivity index (χ3n) is 4.09. The standard InChI is InChI=1S/C17H19N3O/c18-16-6-5-14(11-15(16)17(19)21)20-9-7-12-3-1-2-4-13(12)8-10-20/h1-6,11H,7-10,18H2,(H2,19,21). The number of nitrogens with zero attached hydrogens (tertiary/aromatic N) is 1. The van der Waals surface area contributed by atoms with Crippen molar-refractivity contribution in [1.82, 2.24) is 0 Å². The second-order valence-electron chi connectivity index (χ2n) is 5.39. The summed E-state index contributed by atoms with van der Waals surface area (Å²) in [5, 5.41) is 0. The lowest BCUT2D eigenvalue weighted by molar-refractivity contribution is 0.100. The largest absolute Gasteiger partial charge is 0.398 e. The molecule has 2 aromatic carbocycles. The summed E-state index contributed by atoms with van der Waals surface area (Å²) in [4.78, 5) is 13.7. The molecule has 0 aliphatic carbocycles. The minimum atomic E-state index is -0.479. The summed E-state index contributed by atoms with van der Waals surface area (Å²) < 4.78 is 0. The van der Waals surface area contributed by atoms with Crippen molar-refractivity contribution in [1.29, 1.82) is 0 Å². The van der Waals surface area contributed by atoms with Gasteiger partial charge in [-0.15, -0.1) is 0 Å². The van der Waals surface area contributed by atoms with Crippen molar-refractivity contribution in [3.8, 4) is 0 Å². The Bertz CT molecular complexity index is 654. The van der Waals surface area contributed by atoms with Crippen LogP contribution in [0.5, 0.6) is 0 Å². The summed E-state index contributed by atoms with van der Waals surface area (Å²) in [6.07, 6.45) is 2.01. The number of hydrogen-bond donors (Lipinski definition) is 2. The van der Waals surface area contributed by atoms with Crippen LogP contribution in [0.4, 0.5) is 11.4 Å². The summed E-state index contributed by atoms with van der Waals surface area (Å²) in [6.45, 7) is 1.86. The van der Waals surface area contributed by atoms with Crippen LogP contribution in [-0.2, 0) is 12.8 Å². The summed E-state index contributed by atoms with van der Waals surface area (Å²) in [5.41, 5.74) is 15.8. The Labute approximate surface area is 124 Å². The van der Waals surface area contributed by atoms with Gasteiger partial charge in [0.05, 0.1) is 5.56 Å². The Morgan fingerprint density at radius 2 is 1.62 bits per heavy atom. The van der Waals surface area contributed by atoms with Crippen molar-refractivity contribution in [2.75, 3.05) is 23.7 Å². The zero-order valence-corrected chi connectivity index (χ0v) is 11.9. The van der Waals surface area contributed by atoms with E-state index in [2.05, 4.69) is 29.2 Å². The number of fused-ring (bicyclic) bond motifs is 1. The fourth-order valence-electron chi connectivity index (χ4n) is 2.88. The van der Waals surface area contributed by atoms with Gasteiger partial charge in [0.1, 0.15) is 0 Å². The number of rotatable bonds is 2. The molecule has 3 rings (SSSR count). The lowest BCUT2D eigenvalue weighted by Crippen LogP contribution is -2.26. The van der Waals surface area contributed by atoms with Crippen molar-refractivity contribution < 1.29 is 4.79 Å². The summed E-state index contributed by atoms with van der Waals surface area (Å²) in [6, 6.07) is 14.1. The van der Waals surface area contributed by atoms with E-state index in [0.717, 1.165) is 31.6 Å². The first-order valence-electron chi connectivity index (χ1n) is 7.16. The maximum absolute atomic E-state index is 11.4. The van der Waals surface area contributed by atoms with Crippen molar-refractivity contribution in [3.63, 3.8) is 0 Å². The molecule has 1 heterocycles. The molecule has 0 saturated heterocycles. The monoisotopic (exact) mass is 281 g/mol. The van der Waals surface area contributed by atoms with Crippen LogP contribution in [-0.4, -0.2) is 19.0 Å². The van der Waals surface area contributed by atoms with Crippen molar-refractivity contribution in [3.05, 3.63) is 59.2 Å². The van der Waals surface area contributed by atoms with Crippen LogP contribution in [0.2, 0.25) is 0 Å². The molecule has 0 bridgehead atoms. The fraction of sp³-hybridized carbons (Fsp3) is 0.235. The number of hydrogen-bond acceptors (Lipinski definition) is 3. The van der Waals surface area contributed by atoms with E-state index >= 15 is 0 Å². The van der Waals surface area contributed by atoms with Gasteiger partial charge >= 0.3 is 0 Å². The first-order chi connectivity index (χ1) is 10.1. The molecule has 2 aromatic rings. The smallest absolute Gasteiger partial charge is 0.250 e. The quantitative estimate of drug-likeness (QED) is 0.827. The van der Waals surface area contributed by atoms with Crippen molar-refractivity contribution >= 4 is 17.3 Å². The number of carbonyl (C=O) groups is 1. The van der Waals surface area contributed by atoms with E-state index in [4.69, 9.17) is 11.5 Å². The van der Waals surface area contributed by atoms with Gasteiger partial charge in [-0.1, -0.05) is 24.3 Å². The van der Waals surface area contributed by atoms with Crippen molar-refractivity contribution in [2.45, 2.75) is 12.8 Å². The zero-order chi connectivity index (χ0) is 14.8. The van der Waals surface area contributed by atoms with Gasteiger partial charge in [0.2, 0.25) is 0 Å². The van der Waals surface area contributed by atoms with E-state index in [0.29, 0.717) is 11.3 Å². The zero-order valence-electron chi connectivity index (χ0n) is 11.9. The first-order valence-corrected chi connectivity index (χ1v) is 7.16. The molecule has 0 fully saturated rings. The first kappa shape index (κ1) is 13.5. The van der Waals surface area contributed by atoms with Crippen LogP contribution in [0.15, 0.2) is 42.5 Å². The molecule has 0 aromatic heterocycles. The SMILES string of the molecule is NC(=O)c1cc(N2CCc3ccccc3CC2)ccc1N. The van der Waals surface area contributed by atoms with Gasteiger partial charge in [-0.2, -0.15) is 0 Å². The van der Waals surface area contributed by atoms with Gasteiger partial charge in [0.25, 0.3) is 5.91 Å². The predicted octanol–water partition coefficient (Wildman–Crippen LogP) is 1.97. The van der Waals surface area contributed by atoms with Crippen LogP contribution in [0.25, 0.3) is 0 Å². The van der Waals surface area contributed by atoms with Crippen molar-refractivity contribution in [2.24, 2.45) is 5.73 Å². The molecule has 4 nitrogen and oxygen atoms in total. The Hall–Kier alpha value is -2.49. The molecule has 21 heavy (non-hydrogen) atoms. The van der Waals surface area contributed by atoms with E-state index in [-0.39, 0.29) is 0 Å². The Morgan fingerprint density at radius 1 is 1.00 bits per heavy atom. The number of carbonyl (C=O) groups excluding carboxylic acids is 1. The summed E-state index contributed by atoms with van der Waals surface area (Å²) in [5.74, 6) is -0.479. The molecule has 0 atom stereocenters. The van der Waals surface area contributed by atoms with E-state index < -0.39 is 5.91 Å². The molecule has 1 aliphatic heterocycles. The normalized spacial score (nSPS) is 14.4. The lowest BCUT2D eigenvalue weighted by Gasteiger charge is -2.23. The van der Waals surface area contributed by atoms with Gasteiger partial charge < -0.3 is 16.4 Å². The van der Waals surface area contributed by atoms with Gasteiger partial charge in [0.15, 0.2) is 0 Å². The molecule has 4 N–H and O–H groups in total. The second-order valence-corrected chi connectivity index (χ2v) is 5.39. The number of nitrogens with two attached hydrogens (primary N) is 2. The molecule has 0 spiro atoms. The highest BCUT2D eigenvalue weighted by Crippen LogP contribution is 2.24. The molecule has 0 saturated carbocycles. The maximum Gasteiger partial charge on any atom is 0.250 e. The van der Waals surface area contributed by atoms with Crippen LogP contribution >= 0.6 is 0 Å². The Morgan fingerprint density at radius 3 is 2.19 bits per heavy atom. The van der Waals surface area contributed by atoms with Gasteiger partial charge in [-0.05, 0) is 42.2 Å². The minimum absolute atomic E-state index is 0.397. The third-order valence-corrected chi connectivity index (χ3v) is 4.09. The molecule has 0 unspecified atom stereocenters. The highest BCUT2D eigenvalue weighted by atomic mass is 16.1. The topological polar surface area (TPSA) is 72.4 Å². The molecule has 1 amide bonds.